The molecule has 0 fully saturated rings. The molecule has 28 heavy (non-hydrogen) atoms. The number of benzene rings is 2. The molecule has 0 aromatic heterocycles. The van der Waals surface area contributed by atoms with Gasteiger partial charge in [0.05, 0.1) is 6.54 Å². The molecule has 0 aliphatic carbocycles. The summed E-state index contributed by atoms with van der Waals surface area (Å²) >= 11 is 0. The number of carbonyl (C=O) groups excluding carboxylic acids is 2. The molecule has 0 saturated heterocycles. The number of nitrogens with zero attached hydrogens (tertiary/aromatic N) is 1. The number of para-hydroxylation sites is 2. The molecular formula is C23H30N3O2+. The molecule has 5 nitrogen and oxygen atoms in total. The molecule has 0 saturated carbocycles. The smallest absolute Gasteiger partial charge is 0.282 e. The van der Waals surface area contributed by atoms with Crippen LogP contribution in [0.4, 0.5) is 11.4 Å². The summed E-state index contributed by atoms with van der Waals surface area (Å²) in [6.45, 7) is 7.55. The molecule has 5 heteroatoms. The summed E-state index contributed by atoms with van der Waals surface area (Å²) in [5.41, 5.74) is 4.10. The van der Waals surface area contributed by atoms with Gasteiger partial charge in [-0.2, -0.15) is 0 Å². The van der Waals surface area contributed by atoms with Gasteiger partial charge in [-0.3, -0.25) is 9.59 Å². The molecular weight excluding hydrogens is 350 g/mol. The Hall–Kier alpha value is -2.66. The highest BCUT2D eigenvalue weighted by Gasteiger charge is 2.32. The molecule has 1 aliphatic heterocycles. The highest BCUT2D eigenvalue weighted by atomic mass is 16.2. The first-order valence-electron chi connectivity index (χ1n) is 10.1. The fourth-order valence-electron chi connectivity index (χ4n) is 3.97. The summed E-state index contributed by atoms with van der Waals surface area (Å²) in [7, 11) is 0. The predicted molar refractivity (Wildman–Crippen MR) is 113 cm³/mol. The number of hydrogen-bond donors (Lipinski definition) is 2. The maximum Gasteiger partial charge on any atom is 0.282 e. The largest absolute Gasteiger partial charge is 0.321 e. The standard InChI is InChI=1S/C23H29N3O2/c1-4-13-25(15-22(27)24-20-11-7-5-9-17(20)2)16-23(28)26-18(3)14-19-10-6-8-12-21(19)26/h5-12,18H,4,13-16H2,1-3H3,(H,24,27)/p+1/t18-/m0/s1. The van der Waals surface area contributed by atoms with Gasteiger partial charge in [-0.15, -0.1) is 0 Å². The Labute approximate surface area is 167 Å². The van der Waals surface area contributed by atoms with Crippen LogP contribution >= 0.6 is 0 Å². The van der Waals surface area contributed by atoms with Crippen molar-refractivity contribution in [2.24, 2.45) is 0 Å². The van der Waals surface area contributed by atoms with Crippen molar-refractivity contribution in [1.82, 2.24) is 0 Å². The van der Waals surface area contributed by atoms with Crippen LogP contribution in [-0.2, 0) is 16.0 Å². The summed E-state index contributed by atoms with van der Waals surface area (Å²) in [5.74, 6) is 0.0324. The zero-order valence-electron chi connectivity index (χ0n) is 17.0. The fraction of sp³-hybridized carbons (Fsp3) is 0.391. The van der Waals surface area contributed by atoms with Crippen LogP contribution in [0, 0.1) is 6.92 Å². The Morgan fingerprint density at radius 3 is 2.57 bits per heavy atom. The number of hydrogen-bond acceptors (Lipinski definition) is 2. The van der Waals surface area contributed by atoms with Crippen LogP contribution in [-0.4, -0.2) is 37.5 Å². The molecule has 1 unspecified atom stereocenters. The van der Waals surface area contributed by atoms with Crippen LogP contribution in [0.3, 0.4) is 0 Å². The van der Waals surface area contributed by atoms with E-state index in [1.165, 1.54) is 5.56 Å². The summed E-state index contributed by atoms with van der Waals surface area (Å²) < 4.78 is 0. The van der Waals surface area contributed by atoms with Crippen LogP contribution in [0.1, 0.15) is 31.4 Å². The lowest BCUT2D eigenvalue weighted by Crippen LogP contribution is -3.14. The van der Waals surface area contributed by atoms with E-state index in [9.17, 15) is 9.59 Å². The van der Waals surface area contributed by atoms with Gasteiger partial charge in [-0.05, 0) is 49.9 Å². The van der Waals surface area contributed by atoms with Crippen LogP contribution < -0.4 is 15.1 Å². The number of nitrogens with one attached hydrogen (secondary N) is 2. The van der Waals surface area contributed by atoms with Crippen LogP contribution in [0.15, 0.2) is 48.5 Å². The maximum absolute atomic E-state index is 13.1. The van der Waals surface area contributed by atoms with Crippen molar-refractivity contribution in [3.05, 3.63) is 59.7 Å². The SMILES string of the molecule is CCC[NH+](CC(=O)Nc1ccccc1C)CC(=O)N1c2ccccc2C[C@@H]1C. The summed E-state index contributed by atoms with van der Waals surface area (Å²) in [5, 5.41) is 2.98. The van der Waals surface area contributed by atoms with Gasteiger partial charge in [-0.25, -0.2) is 0 Å². The molecule has 3 rings (SSSR count). The molecule has 2 atom stereocenters. The normalized spacial score (nSPS) is 16.5. The summed E-state index contributed by atoms with van der Waals surface area (Å²) in [6.07, 6.45) is 1.81. The first kappa shape index (κ1) is 20.1. The van der Waals surface area contributed by atoms with E-state index in [0.717, 1.165) is 41.2 Å². The third-order valence-corrected chi connectivity index (χ3v) is 5.31. The van der Waals surface area contributed by atoms with E-state index < -0.39 is 0 Å². The highest BCUT2D eigenvalue weighted by Crippen LogP contribution is 2.31. The van der Waals surface area contributed by atoms with E-state index in [4.69, 9.17) is 0 Å². The van der Waals surface area contributed by atoms with Crippen LogP contribution in [0.25, 0.3) is 0 Å². The van der Waals surface area contributed by atoms with Crippen molar-refractivity contribution in [3.63, 3.8) is 0 Å². The Bertz CT molecular complexity index is 849. The molecule has 148 valence electrons. The van der Waals surface area contributed by atoms with Crippen LogP contribution in [0.5, 0.6) is 0 Å². The number of anilines is 2. The molecule has 0 radical (unpaired) electrons. The van der Waals surface area contributed by atoms with Gasteiger partial charge in [0.15, 0.2) is 13.1 Å². The average molecular weight is 381 g/mol. The number of rotatable bonds is 7. The van der Waals surface area contributed by atoms with Gasteiger partial charge < -0.3 is 15.1 Å². The fourth-order valence-corrected chi connectivity index (χ4v) is 3.97. The summed E-state index contributed by atoms with van der Waals surface area (Å²) in [6, 6.07) is 16.0. The molecule has 2 aromatic carbocycles. The Morgan fingerprint density at radius 2 is 1.82 bits per heavy atom. The van der Waals surface area contributed by atoms with Gasteiger partial charge in [0.2, 0.25) is 0 Å². The Kier molecular flexibility index (Phi) is 6.47. The van der Waals surface area contributed by atoms with Crippen molar-refractivity contribution < 1.29 is 14.5 Å². The molecule has 2 amide bonds. The van der Waals surface area contributed by atoms with Gasteiger partial charge in [0.25, 0.3) is 11.8 Å². The van der Waals surface area contributed by atoms with E-state index in [2.05, 4.69) is 25.2 Å². The third-order valence-electron chi connectivity index (χ3n) is 5.31. The molecule has 0 bridgehead atoms. The zero-order valence-corrected chi connectivity index (χ0v) is 17.0. The van der Waals surface area contributed by atoms with Crippen molar-refractivity contribution in [2.45, 2.75) is 39.7 Å². The second-order valence-electron chi connectivity index (χ2n) is 7.66. The Balaban J connectivity index is 1.65. The van der Waals surface area contributed by atoms with E-state index in [1.54, 1.807) is 0 Å². The number of aryl methyl sites for hydroxylation is 1. The van der Waals surface area contributed by atoms with Crippen LogP contribution in [0.2, 0.25) is 0 Å². The second kappa shape index (κ2) is 9.02. The summed E-state index contributed by atoms with van der Waals surface area (Å²) in [4.78, 5) is 28.5. The van der Waals surface area contributed by atoms with E-state index >= 15 is 0 Å². The molecule has 0 spiro atoms. The van der Waals surface area contributed by atoms with Crippen molar-refractivity contribution in [1.29, 1.82) is 0 Å². The van der Waals surface area contributed by atoms with Crippen molar-refractivity contribution in [3.8, 4) is 0 Å². The predicted octanol–water partition coefficient (Wildman–Crippen LogP) is 2.21. The first-order chi connectivity index (χ1) is 13.5. The number of carbonyl (C=O) groups is 2. The molecule has 1 heterocycles. The second-order valence-corrected chi connectivity index (χ2v) is 7.66. The van der Waals surface area contributed by atoms with Crippen molar-refractivity contribution >= 4 is 23.2 Å². The average Bonchev–Trinajstić information content (AvgIpc) is 2.99. The maximum atomic E-state index is 13.1. The molecule has 2 N–H and O–H groups in total. The third kappa shape index (κ3) is 4.60. The van der Waals surface area contributed by atoms with Crippen molar-refractivity contribution in [2.75, 3.05) is 29.9 Å². The van der Waals surface area contributed by atoms with Gasteiger partial charge in [0.1, 0.15) is 0 Å². The lowest BCUT2D eigenvalue weighted by molar-refractivity contribution is -0.883. The van der Waals surface area contributed by atoms with E-state index in [-0.39, 0.29) is 24.4 Å². The minimum Gasteiger partial charge on any atom is -0.321 e. The number of amides is 2. The number of fused-ring (bicyclic) bond motifs is 1. The first-order valence-corrected chi connectivity index (χ1v) is 10.1. The molecule has 2 aromatic rings. The lowest BCUT2D eigenvalue weighted by Gasteiger charge is -2.25. The Morgan fingerprint density at radius 1 is 1.11 bits per heavy atom. The lowest BCUT2D eigenvalue weighted by atomic mass is 10.1. The van der Waals surface area contributed by atoms with Gasteiger partial charge in [0, 0.05) is 17.4 Å². The van der Waals surface area contributed by atoms with Gasteiger partial charge >= 0.3 is 0 Å². The zero-order chi connectivity index (χ0) is 20.1. The minimum absolute atomic E-state index is 0.0552. The van der Waals surface area contributed by atoms with E-state index in [0.29, 0.717) is 6.54 Å². The number of quaternary nitrogens is 1. The van der Waals surface area contributed by atoms with Gasteiger partial charge in [-0.1, -0.05) is 43.3 Å². The molecule has 1 aliphatic rings. The monoisotopic (exact) mass is 380 g/mol. The van der Waals surface area contributed by atoms with E-state index in [1.807, 2.05) is 54.3 Å². The quantitative estimate of drug-likeness (QED) is 0.774. The minimum atomic E-state index is -0.0552. The highest BCUT2D eigenvalue weighted by molar-refractivity contribution is 5.97. The topological polar surface area (TPSA) is 53.9 Å².